The van der Waals surface area contributed by atoms with Gasteiger partial charge in [0.15, 0.2) is 11.5 Å². The van der Waals surface area contributed by atoms with Gasteiger partial charge in [-0.05, 0) is 39.9 Å². The van der Waals surface area contributed by atoms with Crippen molar-refractivity contribution in [2.24, 2.45) is 0 Å². The van der Waals surface area contributed by atoms with Gasteiger partial charge >= 0.3 is 6.03 Å². The van der Waals surface area contributed by atoms with Gasteiger partial charge in [-0.15, -0.1) is 0 Å². The minimum absolute atomic E-state index is 0.0929. The molecule has 0 fully saturated rings. The zero-order chi connectivity index (χ0) is 23.2. The Morgan fingerprint density at radius 3 is 2.42 bits per heavy atom. The molecule has 1 aliphatic heterocycles. The van der Waals surface area contributed by atoms with Crippen molar-refractivity contribution in [1.29, 1.82) is 0 Å². The molecule has 0 saturated heterocycles. The van der Waals surface area contributed by atoms with Crippen LogP contribution in [0.4, 0.5) is 10.5 Å². The first-order valence-electron chi connectivity index (χ1n) is 10.8. The summed E-state index contributed by atoms with van der Waals surface area (Å²) in [4.78, 5) is 15.2. The van der Waals surface area contributed by atoms with Gasteiger partial charge < -0.3 is 24.8 Å². The number of amides is 2. The molecule has 2 heterocycles. The average Bonchev–Trinajstić information content (AvgIpc) is 3.38. The van der Waals surface area contributed by atoms with Gasteiger partial charge in [0.2, 0.25) is 5.75 Å². The summed E-state index contributed by atoms with van der Waals surface area (Å²) >= 11 is 1.67. The third-order valence-electron chi connectivity index (χ3n) is 5.91. The normalized spacial score (nSPS) is 14.2. The third kappa shape index (κ3) is 5.23. The molecule has 2 amide bonds. The summed E-state index contributed by atoms with van der Waals surface area (Å²) < 4.78 is 16.1. The highest BCUT2D eigenvalue weighted by Gasteiger charge is 2.25. The summed E-state index contributed by atoms with van der Waals surface area (Å²) in [5.41, 5.74) is 4.53. The molecular weight excluding hydrogens is 438 g/mol. The molecule has 2 N–H and O–H groups in total. The third-order valence-corrected chi connectivity index (χ3v) is 6.61. The maximum atomic E-state index is 12.8. The largest absolute Gasteiger partial charge is 0.493 e. The van der Waals surface area contributed by atoms with Gasteiger partial charge in [-0.1, -0.05) is 24.3 Å². The van der Waals surface area contributed by atoms with Gasteiger partial charge in [0.25, 0.3) is 0 Å². The molecule has 0 saturated carbocycles. The summed E-state index contributed by atoms with van der Waals surface area (Å²) in [6, 6.07) is 13.9. The van der Waals surface area contributed by atoms with Gasteiger partial charge in [0.1, 0.15) is 0 Å². The number of rotatable bonds is 8. The number of benzene rings is 2. The van der Waals surface area contributed by atoms with Crippen molar-refractivity contribution in [3.63, 3.8) is 0 Å². The molecule has 174 valence electrons. The predicted octanol–water partition coefficient (Wildman–Crippen LogP) is 4.70. The Kier molecular flexibility index (Phi) is 7.36. The Balaban J connectivity index is 1.45. The smallest absolute Gasteiger partial charge is 0.319 e. The predicted molar refractivity (Wildman–Crippen MR) is 131 cm³/mol. The van der Waals surface area contributed by atoms with E-state index in [2.05, 4.69) is 56.6 Å². The van der Waals surface area contributed by atoms with Crippen LogP contribution in [-0.2, 0) is 13.0 Å². The number of anilines is 1. The van der Waals surface area contributed by atoms with E-state index in [0.29, 0.717) is 29.5 Å². The molecular formula is C25H29N3O4S. The van der Waals surface area contributed by atoms with E-state index in [4.69, 9.17) is 14.2 Å². The monoisotopic (exact) mass is 467 g/mol. The molecule has 8 heteroatoms. The van der Waals surface area contributed by atoms with Crippen LogP contribution in [0.3, 0.4) is 0 Å². The first kappa shape index (κ1) is 22.9. The van der Waals surface area contributed by atoms with E-state index >= 15 is 0 Å². The van der Waals surface area contributed by atoms with Crippen LogP contribution in [0.5, 0.6) is 17.2 Å². The molecule has 1 aliphatic rings. The number of urea groups is 1. The molecule has 0 aliphatic carbocycles. The van der Waals surface area contributed by atoms with Crippen molar-refractivity contribution in [3.8, 4) is 17.2 Å². The second-order valence-corrected chi connectivity index (χ2v) is 8.59. The number of fused-ring (bicyclic) bond motifs is 1. The highest BCUT2D eigenvalue weighted by Crippen LogP contribution is 2.40. The van der Waals surface area contributed by atoms with Gasteiger partial charge in [0, 0.05) is 31.8 Å². The summed E-state index contributed by atoms with van der Waals surface area (Å²) in [6.07, 6.45) is 1.01. The minimum atomic E-state index is -0.290. The molecule has 33 heavy (non-hydrogen) atoms. The summed E-state index contributed by atoms with van der Waals surface area (Å²) in [7, 11) is 4.64. The maximum absolute atomic E-state index is 12.8. The van der Waals surface area contributed by atoms with Crippen molar-refractivity contribution < 1.29 is 19.0 Å². The summed E-state index contributed by atoms with van der Waals surface area (Å²) in [5.74, 6) is 1.44. The summed E-state index contributed by atoms with van der Waals surface area (Å²) in [6.45, 7) is 2.32. The van der Waals surface area contributed by atoms with E-state index in [-0.39, 0.29) is 12.1 Å². The van der Waals surface area contributed by atoms with E-state index in [9.17, 15) is 4.79 Å². The minimum Gasteiger partial charge on any atom is -0.493 e. The van der Waals surface area contributed by atoms with Crippen molar-refractivity contribution >= 4 is 23.1 Å². The number of carbonyl (C=O) groups excluding carboxylic acids is 1. The highest BCUT2D eigenvalue weighted by molar-refractivity contribution is 7.08. The fourth-order valence-electron chi connectivity index (χ4n) is 4.22. The van der Waals surface area contributed by atoms with Gasteiger partial charge in [-0.3, -0.25) is 4.90 Å². The lowest BCUT2D eigenvalue weighted by molar-refractivity contribution is 0.176. The van der Waals surface area contributed by atoms with Crippen LogP contribution in [0.25, 0.3) is 0 Å². The highest BCUT2D eigenvalue weighted by atomic mass is 32.1. The Hall–Kier alpha value is -3.23. The number of nitrogens with zero attached hydrogens (tertiary/aromatic N) is 1. The van der Waals surface area contributed by atoms with Crippen LogP contribution >= 0.6 is 11.3 Å². The molecule has 0 bridgehead atoms. The number of thiophene rings is 1. The molecule has 0 radical (unpaired) electrons. The Morgan fingerprint density at radius 2 is 1.79 bits per heavy atom. The molecule has 1 atom stereocenters. The zero-order valence-corrected chi connectivity index (χ0v) is 19.9. The van der Waals surface area contributed by atoms with E-state index in [1.165, 1.54) is 16.7 Å². The lowest BCUT2D eigenvalue weighted by Crippen LogP contribution is -2.41. The van der Waals surface area contributed by atoms with E-state index < -0.39 is 0 Å². The van der Waals surface area contributed by atoms with E-state index in [1.54, 1.807) is 44.8 Å². The standard InChI is InChI=1S/C25H29N3O4S/c1-30-22-12-20(13-23(31-2)24(22)32-3)27-25(29)26-14-21(19-9-11-33-16-19)28-10-8-17-6-4-5-7-18(17)15-28/h4-7,9,11-13,16,21H,8,10,14-15H2,1-3H3,(H2,26,27,29). The topological polar surface area (TPSA) is 72.1 Å². The lowest BCUT2D eigenvalue weighted by Gasteiger charge is -2.35. The van der Waals surface area contributed by atoms with Gasteiger partial charge in [-0.25, -0.2) is 4.79 Å². The van der Waals surface area contributed by atoms with Crippen LogP contribution in [0.1, 0.15) is 22.7 Å². The van der Waals surface area contributed by atoms with Crippen LogP contribution in [0.2, 0.25) is 0 Å². The molecule has 4 rings (SSSR count). The molecule has 2 aromatic carbocycles. The molecule has 1 aromatic heterocycles. The van der Waals surface area contributed by atoms with Crippen LogP contribution in [0, 0.1) is 0 Å². The van der Waals surface area contributed by atoms with Crippen LogP contribution < -0.4 is 24.8 Å². The molecule has 3 aromatic rings. The molecule has 7 nitrogen and oxygen atoms in total. The lowest BCUT2D eigenvalue weighted by atomic mass is 9.97. The SMILES string of the molecule is COc1cc(NC(=O)NCC(c2ccsc2)N2CCc3ccccc3C2)cc(OC)c1OC. The Labute approximate surface area is 198 Å². The second-order valence-electron chi connectivity index (χ2n) is 7.81. The van der Waals surface area contributed by atoms with E-state index in [1.807, 2.05) is 0 Å². The van der Waals surface area contributed by atoms with E-state index in [0.717, 1.165) is 19.5 Å². The Morgan fingerprint density at radius 1 is 1.06 bits per heavy atom. The number of nitrogens with one attached hydrogen (secondary N) is 2. The van der Waals surface area contributed by atoms with Crippen LogP contribution in [-0.4, -0.2) is 45.3 Å². The quantitative estimate of drug-likeness (QED) is 0.503. The average molecular weight is 468 g/mol. The number of hydrogen-bond donors (Lipinski definition) is 2. The first-order valence-corrected chi connectivity index (χ1v) is 11.7. The fourth-order valence-corrected chi connectivity index (χ4v) is 4.93. The first-order chi connectivity index (χ1) is 16.1. The number of methoxy groups -OCH3 is 3. The van der Waals surface area contributed by atoms with Crippen molar-refractivity contribution in [2.75, 3.05) is 39.7 Å². The van der Waals surface area contributed by atoms with Crippen molar-refractivity contribution in [3.05, 3.63) is 69.9 Å². The number of hydrogen-bond acceptors (Lipinski definition) is 6. The van der Waals surface area contributed by atoms with Crippen LogP contribution in [0.15, 0.2) is 53.2 Å². The fraction of sp³-hybridized carbons (Fsp3) is 0.320. The number of ether oxygens (including phenoxy) is 3. The van der Waals surface area contributed by atoms with Gasteiger partial charge in [-0.2, -0.15) is 11.3 Å². The second kappa shape index (κ2) is 10.6. The maximum Gasteiger partial charge on any atom is 0.319 e. The molecule has 1 unspecified atom stereocenters. The zero-order valence-electron chi connectivity index (χ0n) is 19.1. The summed E-state index contributed by atoms with van der Waals surface area (Å²) in [5, 5.41) is 10.2. The number of carbonyl (C=O) groups is 1. The molecule has 0 spiro atoms. The van der Waals surface area contributed by atoms with Crippen molar-refractivity contribution in [1.82, 2.24) is 10.2 Å². The van der Waals surface area contributed by atoms with Gasteiger partial charge in [0.05, 0.1) is 33.1 Å². The van der Waals surface area contributed by atoms with Crippen molar-refractivity contribution in [2.45, 2.75) is 19.0 Å². The Bertz CT molecular complexity index is 1060.